The molecule has 15 heavy (non-hydrogen) atoms. The van der Waals surface area contributed by atoms with Crippen molar-refractivity contribution in [2.24, 2.45) is 0 Å². The number of esters is 1. The number of hydrogen-bond donors (Lipinski definition) is 1. The van der Waals surface area contributed by atoms with Gasteiger partial charge in [0.25, 0.3) is 0 Å². The van der Waals surface area contributed by atoms with Crippen LogP contribution >= 0.6 is 11.3 Å². The molecule has 1 heterocycles. The van der Waals surface area contributed by atoms with Crippen molar-refractivity contribution >= 4 is 23.3 Å². The van der Waals surface area contributed by atoms with Gasteiger partial charge in [-0.3, -0.25) is 9.59 Å². The fraction of sp³-hybridized carbons (Fsp3) is 0.400. The van der Waals surface area contributed by atoms with Gasteiger partial charge in [-0.2, -0.15) is 0 Å². The predicted octanol–water partition coefficient (Wildman–Crippen LogP) is 1.48. The summed E-state index contributed by atoms with van der Waals surface area (Å²) >= 11 is 1.43. The zero-order chi connectivity index (χ0) is 11.3. The van der Waals surface area contributed by atoms with E-state index in [1.807, 2.05) is 6.07 Å². The van der Waals surface area contributed by atoms with Crippen molar-refractivity contribution in [3.05, 3.63) is 21.9 Å². The van der Waals surface area contributed by atoms with E-state index in [1.165, 1.54) is 18.4 Å². The number of methoxy groups -OCH3 is 1. The summed E-state index contributed by atoms with van der Waals surface area (Å²) in [7, 11) is 1.35. The van der Waals surface area contributed by atoms with Crippen LogP contribution in [0.4, 0.5) is 0 Å². The number of rotatable bonds is 5. The average Bonchev–Trinajstić information content (AvgIpc) is 2.61. The van der Waals surface area contributed by atoms with Gasteiger partial charge in [-0.15, -0.1) is 11.3 Å². The molecule has 0 bridgehead atoms. The first kappa shape index (κ1) is 11.7. The molecule has 4 nitrogen and oxygen atoms in total. The molecule has 0 amide bonds. The second kappa shape index (κ2) is 5.50. The molecule has 0 unspecified atom stereocenters. The molecular formula is C10H12O4S. The monoisotopic (exact) mass is 228 g/mol. The molecule has 1 rings (SSSR count). The van der Waals surface area contributed by atoms with Gasteiger partial charge in [-0.25, -0.2) is 0 Å². The summed E-state index contributed by atoms with van der Waals surface area (Å²) in [5.74, 6) is -1.08. The molecule has 1 aromatic rings. The largest absolute Gasteiger partial charge is 0.481 e. The van der Waals surface area contributed by atoms with Crippen molar-refractivity contribution in [3.63, 3.8) is 0 Å². The lowest BCUT2D eigenvalue weighted by molar-refractivity contribution is -0.140. The van der Waals surface area contributed by atoms with Gasteiger partial charge < -0.3 is 9.84 Å². The van der Waals surface area contributed by atoms with Crippen LogP contribution in [-0.2, 0) is 27.2 Å². The summed E-state index contributed by atoms with van der Waals surface area (Å²) in [5, 5.41) is 8.56. The number of thiophene rings is 1. The fourth-order valence-electron chi connectivity index (χ4n) is 1.13. The molecule has 1 N–H and O–H groups in total. The van der Waals surface area contributed by atoms with E-state index in [4.69, 9.17) is 5.11 Å². The van der Waals surface area contributed by atoms with E-state index in [9.17, 15) is 9.59 Å². The second-order valence-electron chi connectivity index (χ2n) is 3.01. The van der Waals surface area contributed by atoms with Gasteiger partial charge in [0, 0.05) is 9.75 Å². The van der Waals surface area contributed by atoms with Crippen LogP contribution in [0.1, 0.15) is 16.2 Å². The van der Waals surface area contributed by atoms with Crippen LogP contribution < -0.4 is 0 Å². The number of aliphatic carboxylic acids is 1. The highest BCUT2D eigenvalue weighted by molar-refractivity contribution is 7.12. The highest BCUT2D eigenvalue weighted by Gasteiger charge is 2.06. The number of carbonyl (C=O) groups is 2. The Balaban J connectivity index is 2.46. The molecule has 0 saturated heterocycles. The molecular weight excluding hydrogens is 216 g/mol. The van der Waals surface area contributed by atoms with Crippen molar-refractivity contribution in [3.8, 4) is 0 Å². The Morgan fingerprint density at radius 1 is 1.40 bits per heavy atom. The maximum atomic E-state index is 10.9. The van der Waals surface area contributed by atoms with E-state index in [1.54, 1.807) is 6.07 Å². The van der Waals surface area contributed by atoms with E-state index in [0.29, 0.717) is 12.8 Å². The van der Waals surface area contributed by atoms with Crippen molar-refractivity contribution < 1.29 is 19.4 Å². The first-order valence-electron chi connectivity index (χ1n) is 4.48. The summed E-state index contributed by atoms with van der Waals surface area (Å²) in [6.45, 7) is 0. The minimum absolute atomic E-state index is 0.0445. The Kier molecular flexibility index (Phi) is 4.30. The number of hydrogen-bond acceptors (Lipinski definition) is 4. The molecule has 0 aliphatic rings. The van der Waals surface area contributed by atoms with Crippen LogP contribution in [0.25, 0.3) is 0 Å². The minimum Gasteiger partial charge on any atom is -0.481 e. The third-order valence-corrected chi connectivity index (χ3v) is 2.99. The standard InChI is InChI=1S/C10H12O4S/c1-14-10(13)5-4-7-2-3-8(15-7)6-9(11)12/h2-3H,4-6H2,1H3,(H,11,12). The first-order chi connectivity index (χ1) is 7.11. The summed E-state index contributed by atoms with van der Waals surface area (Å²) in [6.07, 6.45) is 0.989. The van der Waals surface area contributed by atoms with Crippen LogP contribution in [0, 0.1) is 0 Å². The third-order valence-electron chi connectivity index (χ3n) is 1.85. The summed E-state index contributed by atoms with van der Waals surface area (Å²) < 4.78 is 4.51. The van der Waals surface area contributed by atoms with Gasteiger partial charge in [0.2, 0.25) is 0 Å². The molecule has 1 aromatic heterocycles. The van der Waals surface area contributed by atoms with Crippen LogP contribution in [0.3, 0.4) is 0 Å². The van der Waals surface area contributed by atoms with Gasteiger partial charge in [0.05, 0.1) is 20.0 Å². The lowest BCUT2D eigenvalue weighted by atomic mass is 10.2. The molecule has 0 fully saturated rings. The quantitative estimate of drug-likeness (QED) is 0.775. The zero-order valence-corrected chi connectivity index (χ0v) is 9.17. The third kappa shape index (κ3) is 4.12. The highest BCUT2D eigenvalue weighted by Crippen LogP contribution is 2.18. The number of carbonyl (C=O) groups excluding carboxylic acids is 1. The fourth-order valence-corrected chi connectivity index (χ4v) is 2.14. The van der Waals surface area contributed by atoms with Crippen molar-refractivity contribution in [2.45, 2.75) is 19.3 Å². The Morgan fingerprint density at radius 3 is 2.67 bits per heavy atom. The number of carboxylic acid groups (broad SMARTS) is 1. The van der Waals surface area contributed by atoms with E-state index in [0.717, 1.165) is 9.75 Å². The molecule has 0 aliphatic heterocycles. The summed E-state index contributed by atoms with van der Waals surface area (Å²) in [4.78, 5) is 23.1. The molecule has 5 heteroatoms. The number of carboxylic acids is 1. The Morgan fingerprint density at radius 2 is 2.07 bits per heavy atom. The van der Waals surface area contributed by atoms with Gasteiger partial charge >= 0.3 is 11.9 Å². The van der Waals surface area contributed by atoms with Gasteiger partial charge in [0.1, 0.15) is 0 Å². The zero-order valence-electron chi connectivity index (χ0n) is 8.36. The topological polar surface area (TPSA) is 63.6 Å². The molecule has 0 aliphatic carbocycles. The van der Waals surface area contributed by atoms with E-state index < -0.39 is 5.97 Å². The van der Waals surface area contributed by atoms with Crippen molar-refractivity contribution in [1.82, 2.24) is 0 Å². The highest BCUT2D eigenvalue weighted by atomic mass is 32.1. The van der Waals surface area contributed by atoms with Crippen LogP contribution in [0.5, 0.6) is 0 Å². The predicted molar refractivity (Wildman–Crippen MR) is 56.0 cm³/mol. The molecule has 0 atom stereocenters. The van der Waals surface area contributed by atoms with Crippen molar-refractivity contribution in [1.29, 1.82) is 0 Å². The summed E-state index contributed by atoms with van der Waals surface area (Å²) in [6, 6.07) is 3.64. The second-order valence-corrected chi connectivity index (χ2v) is 4.27. The van der Waals surface area contributed by atoms with Crippen LogP contribution in [0.15, 0.2) is 12.1 Å². The smallest absolute Gasteiger partial charge is 0.308 e. The molecule has 0 spiro atoms. The van der Waals surface area contributed by atoms with Crippen LogP contribution in [-0.4, -0.2) is 24.2 Å². The van der Waals surface area contributed by atoms with Crippen LogP contribution in [0.2, 0.25) is 0 Å². The van der Waals surface area contributed by atoms with Crippen molar-refractivity contribution in [2.75, 3.05) is 7.11 Å². The minimum atomic E-state index is -0.837. The average molecular weight is 228 g/mol. The molecule has 0 aromatic carbocycles. The SMILES string of the molecule is COC(=O)CCc1ccc(CC(=O)O)s1. The first-order valence-corrected chi connectivity index (χ1v) is 5.29. The Hall–Kier alpha value is -1.36. The van der Waals surface area contributed by atoms with Gasteiger partial charge in [0.15, 0.2) is 0 Å². The van der Waals surface area contributed by atoms with E-state index >= 15 is 0 Å². The molecule has 82 valence electrons. The molecule has 0 saturated carbocycles. The van der Waals surface area contributed by atoms with E-state index in [2.05, 4.69) is 4.74 Å². The lowest BCUT2D eigenvalue weighted by Gasteiger charge is -1.96. The maximum absolute atomic E-state index is 10.9. The van der Waals surface area contributed by atoms with E-state index in [-0.39, 0.29) is 12.4 Å². The lowest BCUT2D eigenvalue weighted by Crippen LogP contribution is -2.00. The normalized spacial score (nSPS) is 9.93. The Bertz CT molecular complexity index is 356. The number of ether oxygens (including phenoxy) is 1. The molecule has 0 radical (unpaired) electrons. The van der Waals surface area contributed by atoms with Gasteiger partial charge in [-0.05, 0) is 18.6 Å². The number of aryl methyl sites for hydroxylation is 1. The Labute approximate surface area is 91.5 Å². The maximum Gasteiger partial charge on any atom is 0.308 e. The van der Waals surface area contributed by atoms with Gasteiger partial charge in [-0.1, -0.05) is 0 Å². The summed E-state index contributed by atoms with van der Waals surface area (Å²) in [5.41, 5.74) is 0.